The molecule has 0 aliphatic carbocycles. The molecule has 24 heavy (non-hydrogen) atoms. The SMILES string of the molecule is OC1Nc2cccc3ccc4c5cc(C(F)(F)F)ccc5n1c4c23. The van der Waals surface area contributed by atoms with E-state index in [1.165, 1.54) is 6.07 Å². The van der Waals surface area contributed by atoms with Crippen molar-refractivity contribution in [3.8, 4) is 0 Å². The molecule has 0 saturated heterocycles. The van der Waals surface area contributed by atoms with Crippen LogP contribution in [0, 0.1) is 0 Å². The number of benzene rings is 3. The van der Waals surface area contributed by atoms with Crippen LogP contribution in [-0.2, 0) is 6.18 Å². The number of nitrogens with zero attached hydrogens (tertiary/aromatic N) is 1. The number of nitrogens with one attached hydrogen (secondary N) is 1. The number of alkyl halides is 3. The minimum Gasteiger partial charge on any atom is -0.356 e. The standard InChI is InChI=1S/C18H11F3N2O/c19-18(20,21)10-5-7-14-12(8-10)11-6-4-9-2-1-3-13-15(9)16(11)23(14)17(24)22-13/h1-8,17,22,24H. The first kappa shape index (κ1) is 13.7. The third-order valence-electron chi connectivity index (χ3n) is 4.66. The number of aliphatic hydroxyl groups excluding tert-OH is 1. The van der Waals surface area contributed by atoms with E-state index in [2.05, 4.69) is 5.32 Å². The van der Waals surface area contributed by atoms with E-state index >= 15 is 0 Å². The Balaban J connectivity index is 2.03. The zero-order chi connectivity index (χ0) is 16.6. The number of fused-ring (bicyclic) bond motifs is 3. The number of halogens is 3. The molecule has 0 fully saturated rings. The van der Waals surface area contributed by atoms with E-state index in [-0.39, 0.29) is 0 Å². The van der Waals surface area contributed by atoms with E-state index in [4.69, 9.17) is 0 Å². The summed E-state index contributed by atoms with van der Waals surface area (Å²) >= 11 is 0. The normalized spacial score (nSPS) is 17.1. The van der Waals surface area contributed by atoms with Crippen molar-refractivity contribution in [3.63, 3.8) is 0 Å². The average molecular weight is 328 g/mol. The Hall–Kier alpha value is -2.73. The summed E-state index contributed by atoms with van der Waals surface area (Å²) in [5.74, 6) is 0. The van der Waals surface area contributed by atoms with E-state index in [0.29, 0.717) is 16.3 Å². The number of rotatable bonds is 0. The average Bonchev–Trinajstić information content (AvgIpc) is 2.88. The van der Waals surface area contributed by atoms with Gasteiger partial charge >= 0.3 is 6.18 Å². The maximum absolute atomic E-state index is 13.1. The summed E-state index contributed by atoms with van der Waals surface area (Å²) in [6.07, 6.45) is -5.43. The molecule has 0 bridgehead atoms. The predicted molar refractivity (Wildman–Crippen MR) is 86.8 cm³/mol. The number of hydrogen-bond donors (Lipinski definition) is 2. The quantitative estimate of drug-likeness (QED) is 0.485. The van der Waals surface area contributed by atoms with Crippen molar-refractivity contribution in [3.05, 3.63) is 54.1 Å². The van der Waals surface area contributed by atoms with Crippen LogP contribution in [0.15, 0.2) is 48.5 Å². The maximum atomic E-state index is 13.1. The van der Waals surface area contributed by atoms with Crippen molar-refractivity contribution in [2.75, 3.05) is 5.32 Å². The van der Waals surface area contributed by atoms with E-state index in [1.807, 2.05) is 30.3 Å². The zero-order valence-electron chi connectivity index (χ0n) is 12.2. The number of aromatic nitrogens is 1. The molecular formula is C18H11F3N2O. The van der Waals surface area contributed by atoms with E-state index < -0.39 is 18.1 Å². The van der Waals surface area contributed by atoms with Crippen molar-refractivity contribution in [1.29, 1.82) is 0 Å². The fourth-order valence-electron chi connectivity index (χ4n) is 3.66. The van der Waals surface area contributed by atoms with Crippen LogP contribution in [0.25, 0.3) is 32.6 Å². The van der Waals surface area contributed by atoms with Gasteiger partial charge < -0.3 is 10.4 Å². The molecule has 1 aromatic heterocycles. The summed E-state index contributed by atoms with van der Waals surface area (Å²) in [7, 11) is 0. The minimum atomic E-state index is -4.40. The van der Waals surface area contributed by atoms with E-state index in [1.54, 1.807) is 4.57 Å². The van der Waals surface area contributed by atoms with Crippen molar-refractivity contribution in [1.82, 2.24) is 4.57 Å². The zero-order valence-corrected chi connectivity index (χ0v) is 12.2. The van der Waals surface area contributed by atoms with Crippen molar-refractivity contribution in [2.24, 2.45) is 0 Å². The van der Waals surface area contributed by atoms with Gasteiger partial charge in [-0.3, -0.25) is 4.57 Å². The number of hydrogen-bond acceptors (Lipinski definition) is 2. The van der Waals surface area contributed by atoms with Crippen LogP contribution in [0.3, 0.4) is 0 Å². The molecule has 3 nitrogen and oxygen atoms in total. The molecule has 1 atom stereocenters. The first-order chi connectivity index (χ1) is 11.4. The highest BCUT2D eigenvalue weighted by atomic mass is 19.4. The van der Waals surface area contributed by atoms with Crippen LogP contribution < -0.4 is 5.32 Å². The van der Waals surface area contributed by atoms with Crippen LogP contribution >= 0.6 is 0 Å². The molecular weight excluding hydrogens is 317 g/mol. The van der Waals surface area contributed by atoms with Gasteiger partial charge in [-0.1, -0.05) is 24.3 Å². The first-order valence-electron chi connectivity index (χ1n) is 7.46. The molecule has 120 valence electrons. The fourth-order valence-corrected chi connectivity index (χ4v) is 3.66. The van der Waals surface area contributed by atoms with Crippen LogP contribution in [0.4, 0.5) is 18.9 Å². The lowest BCUT2D eigenvalue weighted by molar-refractivity contribution is -0.137. The summed E-state index contributed by atoms with van der Waals surface area (Å²) in [6, 6.07) is 13.0. The molecule has 3 aromatic carbocycles. The molecule has 1 aliphatic heterocycles. The second-order valence-corrected chi connectivity index (χ2v) is 5.98. The highest BCUT2D eigenvalue weighted by molar-refractivity contribution is 6.21. The van der Waals surface area contributed by atoms with E-state index in [0.717, 1.165) is 34.1 Å². The Morgan fingerprint density at radius 3 is 2.62 bits per heavy atom. The van der Waals surface area contributed by atoms with Crippen LogP contribution in [-0.4, -0.2) is 9.67 Å². The monoisotopic (exact) mass is 328 g/mol. The molecule has 0 amide bonds. The third-order valence-corrected chi connectivity index (χ3v) is 4.66. The summed E-state index contributed by atoms with van der Waals surface area (Å²) in [5, 5.41) is 16.5. The van der Waals surface area contributed by atoms with Crippen LogP contribution in [0.5, 0.6) is 0 Å². The lowest BCUT2D eigenvalue weighted by Crippen LogP contribution is -2.20. The summed E-state index contributed by atoms with van der Waals surface area (Å²) in [5.41, 5.74) is 1.41. The third kappa shape index (κ3) is 1.61. The van der Waals surface area contributed by atoms with Gasteiger partial charge in [-0.15, -0.1) is 0 Å². The van der Waals surface area contributed by atoms with Gasteiger partial charge in [0.15, 0.2) is 0 Å². The molecule has 0 saturated carbocycles. The number of anilines is 1. The Labute approximate surface area is 133 Å². The van der Waals surface area contributed by atoms with Crippen molar-refractivity contribution in [2.45, 2.75) is 12.5 Å². The van der Waals surface area contributed by atoms with Crippen molar-refractivity contribution >= 4 is 38.3 Å². The van der Waals surface area contributed by atoms with Gasteiger partial charge in [0.2, 0.25) is 6.35 Å². The highest BCUT2D eigenvalue weighted by Gasteiger charge is 2.32. The molecule has 5 rings (SSSR count). The van der Waals surface area contributed by atoms with Crippen LogP contribution in [0.1, 0.15) is 11.9 Å². The second-order valence-electron chi connectivity index (χ2n) is 5.98. The smallest absolute Gasteiger partial charge is 0.356 e. The Bertz CT molecular complexity index is 1140. The molecule has 1 unspecified atom stereocenters. The van der Waals surface area contributed by atoms with E-state index in [9.17, 15) is 18.3 Å². The van der Waals surface area contributed by atoms with Gasteiger partial charge in [0.25, 0.3) is 0 Å². The maximum Gasteiger partial charge on any atom is 0.416 e. The van der Waals surface area contributed by atoms with Gasteiger partial charge in [-0.2, -0.15) is 13.2 Å². The van der Waals surface area contributed by atoms with Crippen molar-refractivity contribution < 1.29 is 18.3 Å². The molecule has 1 aliphatic rings. The largest absolute Gasteiger partial charge is 0.416 e. The Kier molecular flexibility index (Phi) is 2.40. The molecule has 0 spiro atoms. The number of aliphatic hydroxyl groups is 1. The Morgan fingerprint density at radius 1 is 1.00 bits per heavy atom. The fraction of sp³-hybridized carbons (Fsp3) is 0.111. The second kappa shape index (κ2) is 4.21. The molecule has 0 radical (unpaired) electrons. The lowest BCUT2D eigenvalue weighted by atomic mass is 10.0. The minimum absolute atomic E-state index is 0.485. The summed E-state index contributed by atoms with van der Waals surface area (Å²) < 4.78 is 40.9. The summed E-state index contributed by atoms with van der Waals surface area (Å²) in [4.78, 5) is 0. The van der Waals surface area contributed by atoms with Crippen LogP contribution in [0.2, 0.25) is 0 Å². The van der Waals surface area contributed by atoms with Gasteiger partial charge in [-0.05, 0) is 29.7 Å². The van der Waals surface area contributed by atoms with Gasteiger partial charge in [0.05, 0.1) is 16.6 Å². The van der Waals surface area contributed by atoms with Gasteiger partial charge in [0.1, 0.15) is 0 Å². The molecule has 6 heteroatoms. The predicted octanol–water partition coefficient (Wildman–Crippen LogP) is 4.84. The lowest BCUT2D eigenvalue weighted by Gasteiger charge is -2.25. The van der Waals surface area contributed by atoms with Gasteiger partial charge in [-0.25, -0.2) is 0 Å². The Morgan fingerprint density at radius 2 is 1.83 bits per heavy atom. The highest BCUT2D eigenvalue weighted by Crippen LogP contribution is 2.43. The molecule has 2 heterocycles. The topological polar surface area (TPSA) is 37.2 Å². The summed E-state index contributed by atoms with van der Waals surface area (Å²) in [6.45, 7) is 0. The molecule has 4 aromatic rings. The van der Waals surface area contributed by atoms with Gasteiger partial charge in [0, 0.05) is 21.8 Å². The molecule has 2 N–H and O–H groups in total. The first-order valence-corrected chi connectivity index (χ1v) is 7.46.